The van der Waals surface area contributed by atoms with Crippen molar-refractivity contribution in [3.8, 4) is 11.3 Å². The summed E-state index contributed by atoms with van der Waals surface area (Å²) >= 11 is 0. The zero-order valence-corrected chi connectivity index (χ0v) is 16.8. The van der Waals surface area contributed by atoms with Crippen LogP contribution >= 0.6 is 0 Å². The fourth-order valence-corrected chi connectivity index (χ4v) is 4.01. The Hall–Kier alpha value is -2.66. The second-order valence-corrected chi connectivity index (χ2v) is 10.2. The van der Waals surface area contributed by atoms with E-state index in [1.54, 1.807) is 12.1 Å². The lowest BCUT2D eigenvalue weighted by Gasteiger charge is -2.19. The lowest BCUT2D eigenvalue weighted by Crippen LogP contribution is -2.10. The van der Waals surface area contributed by atoms with Gasteiger partial charge in [0.05, 0.1) is 32.0 Å². The molecule has 0 fully saturated rings. The molecule has 0 saturated carbocycles. The van der Waals surface area contributed by atoms with Crippen LogP contribution in [0.4, 0.5) is 0 Å². The Morgan fingerprint density at radius 1 is 1.00 bits per heavy atom. The maximum Gasteiger partial charge on any atom is 0.0950 e. The van der Waals surface area contributed by atoms with Crippen molar-refractivity contribution < 1.29 is 4.21 Å². The Balaban J connectivity index is 1.97. The van der Waals surface area contributed by atoms with Gasteiger partial charge in [0.2, 0.25) is 0 Å². The van der Waals surface area contributed by atoms with Crippen LogP contribution in [0.1, 0.15) is 26.3 Å². The Labute approximate surface area is 159 Å². The highest BCUT2D eigenvalue weighted by atomic mass is 32.2. The number of aromatic nitrogens is 2. The molecular weight excluding hydrogens is 354 g/mol. The van der Waals surface area contributed by atoms with E-state index in [2.05, 4.69) is 55.5 Å². The summed E-state index contributed by atoms with van der Waals surface area (Å²) in [5.74, 6) is 0. The van der Waals surface area contributed by atoms with Gasteiger partial charge >= 0.3 is 0 Å². The molecular formula is C22H23N3OS. The summed E-state index contributed by atoms with van der Waals surface area (Å²) in [5, 5.41) is 0. The molecule has 2 heterocycles. The molecule has 2 aromatic heterocycles. The number of rotatable bonds is 2. The minimum absolute atomic E-state index is 0.101. The molecule has 0 spiro atoms. The molecule has 0 saturated heterocycles. The monoisotopic (exact) mass is 377 g/mol. The Morgan fingerprint density at radius 3 is 2.33 bits per heavy atom. The van der Waals surface area contributed by atoms with Crippen LogP contribution in [0.15, 0.2) is 65.7 Å². The Bertz CT molecular complexity index is 1260. The predicted molar refractivity (Wildman–Crippen MR) is 112 cm³/mol. The molecule has 5 heteroatoms. The highest BCUT2D eigenvalue weighted by molar-refractivity contribution is 7.91. The van der Waals surface area contributed by atoms with E-state index in [4.69, 9.17) is 9.76 Å². The first kappa shape index (κ1) is 17.7. The first-order valence-electron chi connectivity index (χ1n) is 8.90. The van der Waals surface area contributed by atoms with E-state index >= 15 is 0 Å². The van der Waals surface area contributed by atoms with Gasteiger partial charge < -0.3 is 4.40 Å². The summed E-state index contributed by atoms with van der Waals surface area (Å²) in [5.41, 5.74) is 6.03. The van der Waals surface area contributed by atoms with Gasteiger partial charge in [-0.1, -0.05) is 45.0 Å². The normalized spacial score (nSPS) is 14.5. The summed E-state index contributed by atoms with van der Waals surface area (Å²) in [4.78, 5) is 5.38. The van der Waals surface area contributed by atoms with Crippen molar-refractivity contribution in [3.63, 3.8) is 0 Å². The van der Waals surface area contributed by atoms with Crippen molar-refractivity contribution in [3.05, 3.63) is 66.4 Å². The molecule has 27 heavy (non-hydrogen) atoms. The third-order valence-corrected chi connectivity index (χ3v) is 6.06. The van der Waals surface area contributed by atoms with Gasteiger partial charge in [-0.15, -0.1) is 0 Å². The average Bonchev–Trinajstić information content (AvgIpc) is 3.09. The van der Waals surface area contributed by atoms with Crippen LogP contribution in [0.3, 0.4) is 0 Å². The fraction of sp³-hybridized carbons (Fsp3) is 0.227. The molecule has 0 unspecified atom stereocenters. The zero-order chi connectivity index (χ0) is 19.4. The molecule has 0 aliphatic rings. The molecule has 2 aromatic carbocycles. The standard InChI is InChI=1S/C22H23N3OS/c1-22(2,3)16-9-7-15(8-10-16)21-20-6-5-13-25(20)19-12-11-17(27(4,23)26)14-18(19)24-21/h5-14,23H,1-4H3/t27-/m0/s1. The maximum absolute atomic E-state index is 12.2. The molecule has 1 atom stereocenters. The second kappa shape index (κ2) is 5.92. The van der Waals surface area contributed by atoms with Gasteiger partial charge in [0.25, 0.3) is 0 Å². The van der Waals surface area contributed by atoms with Crippen molar-refractivity contribution >= 4 is 26.3 Å². The second-order valence-electron chi connectivity index (χ2n) is 8.05. The third-order valence-electron chi connectivity index (χ3n) is 4.90. The summed E-state index contributed by atoms with van der Waals surface area (Å²) in [6.45, 7) is 6.60. The van der Waals surface area contributed by atoms with Crippen LogP contribution in [0.2, 0.25) is 0 Å². The number of benzene rings is 2. The van der Waals surface area contributed by atoms with Gasteiger partial charge in [-0.3, -0.25) is 0 Å². The van der Waals surface area contributed by atoms with Gasteiger partial charge in [0.15, 0.2) is 0 Å². The van der Waals surface area contributed by atoms with Crippen LogP contribution in [0.5, 0.6) is 0 Å². The van der Waals surface area contributed by atoms with Crippen LogP contribution in [0.25, 0.3) is 27.8 Å². The first-order valence-corrected chi connectivity index (χ1v) is 10.9. The van der Waals surface area contributed by atoms with E-state index in [-0.39, 0.29) is 5.41 Å². The lowest BCUT2D eigenvalue weighted by molar-refractivity contribution is 0.590. The lowest BCUT2D eigenvalue weighted by atomic mass is 9.86. The van der Waals surface area contributed by atoms with Gasteiger partial charge in [-0.05, 0) is 41.3 Å². The van der Waals surface area contributed by atoms with E-state index in [1.165, 1.54) is 11.8 Å². The van der Waals surface area contributed by atoms with Crippen LogP contribution in [-0.4, -0.2) is 19.8 Å². The number of hydrogen-bond donors (Lipinski definition) is 1. The van der Waals surface area contributed by atoms with Crippen molar-refractivity contribution in [2.75, 3.05) is 6.26 Å². The molecule has 0 aliphatic heterocycles. The third kappa shape index (κ3) is 3.12. The predicted octanol–water partition coefficient (Wildman–Crippen LogP) is 5.49. The van der Waals surface area contributed by atoms with E-state index in [1.807, 2.05) is 18.3 Å². The zero-order valence-electron chi connectivity index (χ0n) is 16.0. The maximum atomic E-state index is 12.2. The topological polar surface area (TPSA) is 58.2 Å². The van der Waals surface area contributed by atoms with Crippen LogP contribution in [-0.2, 0) is 15.1 Å². The molecule has 0 amide bonds. The first-order chi connectivity index (χ1) is 12.6. The minimum atomic E-state index is -2.78. The summed E-state index contributed by atoms with van der Waals surface area (Å²) in [6.07, 6.45) is 3.45. The van der Waals surface area contributed by atoms with Gasteiger partial charge in [-0.25, -0.2) is 14.0 Å². The van der Waals surface area contributed by atoms with Crippen molar-refractivity contribution in [1.82, 2.24) is 9.38 Å². The summed E-state index contributed by atoms with van der Waals surface area (Å²) in [7, 11) is -2.78. The molecule has 4 rings (SSSR count). The van der Waals surface area contributed by atoms with Crippen molar-refractivity contribution in [1.29, 1.82) is 4.78 Å². The average molecular weight is 378 g/mol. The molecule has 4 nitrogen and oxygen atoms in total. The van der Waals surface area contributed by atoms with E-state index in [0.29, 0.717) is 4.90 Å². The summed E-state index contributed by atoms with van der Waals surface area (Å²) in [6, 6.07) is 18.0. The van der Waals surface area contributed by atoms with Crippen LogP contribution < -0.4 is 0 Å². The fourth-order valence-electron chi connectivity index (χ4n) is 3.34. The Morgan fingerprint density at radius 2 is 1.70 bits per heavy atom. The van der Waals surface area contributed by atoms with Gasteiger partial charge in [-0.2, -0.15) is 0 Å². The molecule has 0 aliphatic carbocycles. The molecule has 138 valence electrons. The van der Waals surface area contributed by atoms with Crippen molar-refractivity contribution in [2.45, 2.75) is 31.1 Å². The SMILES string of the molecule is CC(C)(C)c1ccc(-c2nc3cc([S@@](C)(=N)=O)ccc3n3cccc23)cc1. The largest absolute Gasteiger partial charge is 0.313 e. The molecule has 0 bridgehead atoms. The summed E-state index contributed by atoms with van der Waals surface area (Å²) < 4.78 is 22.1. The minimum Gasteiger partial charge on any atom is -0.313 e. The van der Waals surface area contributed by atoms with Crippen LogP contribution in [0, 0.1) is 4.78 Å². The van der Waals surface area contributed by atoms with Crippen molar-refractivity contribution in [2.24, 2.45) is 0 Å². The Kier molecular flexibility index (Phi) is 3.89. The number of fused-ring (bicyclic) bond motifs is 3. The van der Waals surface area contributed by atoms with E-state index < -0.39 is 9.73 Å². The highest BCUT2D eigenvalue weighted by Crippen LogP contribution is 2.30. The molecule has 4 aromatic rings. The number of nitrogens with one attached hydrogen (secondary N) is 1. The van der Waals surface area contributed by atoms with Gasteiger partial charge in [0, 0.05) is 22.9 Å². The molecule has 0 radical (unpaired) electrons. The smallest absolute Gasteiger partial charge is 0.0950 e. The highest BCUT2D eigenvalue weighted by Gasteiger charge is 2.15. The number of hydrogen-bond acceptors (Lipinski definition) is 3. The van der Waals surface area contributed by atoms with E-state index in [0.717, 1.165) is 27.8 Å². The number of nitrogens with zero attached hydrogens (tertiary/aromatic N) is 2. The van der Waals surface area contributed by atoms with Gasteiger partial charge in [0.1, 0.15) is 0 Å². The molecule has 1 N–H and O–H groups in total. The quantitative estimate of drug-likeness (QED) is 0.502. The van der Waals surface area contributed by atoms with E-state index in [9.17, 15) is 4.21 Å².